The van der Waals surface area contributed by atoms with Crippen molar-refractivity contribution in [3.8, 4) is 0 Å². The summed E-state index contributed by atoms with van der Waals surface area (Å²) in [4.78, 5) is 0. The van der Waals surface area contributed by atoms with Crippen molar-refractivity contribution in [3.05, 3.63) is 0 Å². The Kier molecular flexibility index (Phi) is 3.16. The van der Waals surface area contributed by atoms with E-state index in [4.69, 9.17) is 24.6 Å². The first kappa shape index (κ1) is 11.2. The van der Waals surface area contributed by atoms with Crippen LogP contribution in [0, 0.1) is 0 Å². The fourth-order valence-electron chi connectivity index (χ4n) is 1.36. The van der Waals surface area contributed by atoms with Crippen molar-refractivity contribution in [2.75, 3.05) is 0 Å². The first-order chi connectivity index (χ1) is 5.26. The second kappa shape index (κ2) is 3.38. The Bertz CT molecular complexity index is 165. The van der Waals surface area contributed by atoms with Crippen LogP contribution in [-0.4, -0.2) is 13.6 Å². The van der Waals surface area contributed by atoms with Crippen LogP contribution >= 0.6 is 18.8 Å². The van der Waals surface area contributed by atoms with Gasteiger partial charge in [-0.15, -0.1) is 0 Å². The van der Waals surface area contributed by atoms with Crippen molar-refractivity contribution >= 4 is 18.8 Å². The molecule has 3 nitrogen and oxygen atoms in total. The molecule has 1 fully saturated rings. The molecule has 4 N–H and O–H groups in total. The Morgan fingerprint density at radius 1 is 1.08 bits per heavy atom. The summed E-state index contributed by atoms with van der Waals surface area (Å²) < 4.78 is 18.5. The molecule has 0 unspecified atom stereocenters. The molecule has 1 saturated carbocycles. The van der Waals surface area contributed by atoms with Crippen LogP contribution in [0.1, 0.15) is 25.7 Å². The Morgan fingerprint density at radius 3 is 1.83 bits per heavy atom. The van der Waals surface area contributed by atoms with Gasteiger partial charge in [-0.05, 0) is 0 Å². The van der Waals surface area contributed by atoms with E-state index in [1.165, 1.54) is 0 Å². The summed E-state index contributed by atoms with van der Waals surface area (Å²) in [6.45, 7) is 0. The summed E-state index contributed by atoms with van der Waals surface area (Å²) in [6, 6.07) is 0.169. The van der Waals surface area contributed by atoms with E-state index in [-0.39, 0.29) is 10.3 Å². The van der Waals surface area contributed by atoms with Gasteiger partial charge in [-0.25, -0.2) is 0 Å². The number of halogens is 2. The first-order valence-corrected chi connectivity index (χ1v) is 12.6. The van der Waals surface area contributed by atoms with Crippen molar-refractivity contribution in [2.45, 2.75) is 36.0 Å². The quantitative estimate of drug-likeness (QED) is 0.627. The van der Waals surface area contributed by atoms with E-state index in [0.29, 0.717) is 12.8 Å². The maximum absolute atomic E-state index is 9.43. The van der Waals surface area contributed by atoms with E-state index < -0.39 is 13.5 Å². The molecular formula is C6H14Cl2NO2Pt. The van der Waals surface area contributed by atoms with E-state index in [2.05, 4.69) is 0 Å². The zero-order chi connectivity index (χ0) is 9.43. The SMILES string of the molecule is NC1CC[CH]([Pt]([OH])([OH])([Cl])[Cl])CC1. The van der Waals surface area contributed by atoms with Gasteiger partial charge in [0, 0.05) is 0 Å². The molecule has 1 aliphatic carbocycles. The molecule has 0 heterocycles. The van der Waals surface area contributed by atoms with Crippen molar-refractivity contribution in [2.24, 2.45) is 5.73 Å². The molecule has 0 bridgehead atoms. The zero-order valence-electron chi connectivity index (χ0n) is 6.53. The van der Waals surface area contributed by atoms with Crippen molar-refractivity contribution in [3.63, 3.8) is 0 Å². The van der Waals surface area contributed by atoms with Crippen LogP contribution in [0.25, 0.3) is 0 Å². The van der Waals surface area contributed by atoms with Crippen LogP contribution in [0.15, 0.2) is 0 Å². The molecule has 0 saturated heterocycles. The standard InChI is InChI=1S/C6H12N.2ClH.2H2O.Pt/c7-6-4-2-1-3-5-6;;;;;/h1,6H,2-5,7H2;2*1H;2*1H2;/q;;;;;+4/p-4. The molecule has 0 aliphatic heterocycles. The summed E-state index contributed by atoms with van der Waals surface area (Å²) in [6.07, 6.45) is 2.83. The summed E-state index contributed by atoms with van der Waals surface area (Å²) in [7, 11) is 11.1. The third-order valence-electron chi connectivity index (χ3n) is 2.09. The van der Waals surface area contributed by atoms with Crippen LogP contribution in [0.2, 0.25) is 4.31 Å². The van der Waals surface area contributed by atoms with Gasteiger partial charge in [0.05, 0.1) is 0 Å². The van der Waals surface area contributed by atoms with Crippen LogP contribution < -0.4 is 5.73 Å². The minimum atomic E-state index is -4.95. The minimum absolute atomic E-state index is 0.169. The van der Waals surface area contributed by atoms with Crippen molar-refractivity contribution < 1.29 is 21.0 Å². The third-order valence-corrected chi connectivity index (χ3v) is 9.66. The molecule has 1 aliphatic rings. The molecule has 6 heteroatoms. The van der Waals surface area contributed by atoms with Gasteiger partial charge in [0.2, 0.25) is 0 Å². The number of hydrogen-bond donors (Lipinski definition) is 3. The Morgan fingerprint density at radius 2 is 1.50 bits per heavy atom. The molecule has 0 aromatic rings. The second-order valence-electron chi connectivity index (χ2n) is 3.09. The van der Waals surface area contributed by atoms with E-state index in [1.54, 1.807) is 0 Å². The monoisotopic (exact) mass is 397 g/mol. The molecule has 0 aromatic carbocycles. The van der Waals surface area contributed by atoms with E-state index in [1.807, 2.05) is 0 Å². The van der Waals surface area contributed by atoms with Crippen LogP contribution in [-0.2, 0) is 13.5 Å². The summed E-state index contributed by atoms with van der Waals surface area (Å²) in [5.41, 5.74) is 5.65. The van der Waals surface area contributed by atoms with Gasteiger partial charge in [0.1, 0.15) is 0 Å². The van der Waals surface area contributed by atoms with Gasteiger partial charge in [-0.3, -0.25) is 0 Å². The van der Waals surface area contributed by atoms with Gasteiger partial charge in [-0.1, -0.05) is 0 Å². The van der Waals surface area contributed by atoms with E-state index in [0.717, 1.165) is 12.8 Å². The van der Waals surface area contributed by atoms with Gasteiger partial charge in [-0.2, -0.15) is 0 Å². The number of rotatable bonds is 1. The summed E-state index contributed by atoms with van der Waals surface area (Å²) >= 11 is -4.95. The third kappa shape index (κ3) is 3.13. The fourth-order valence-corrected chi connectivity index (χ4v) is 6.54. The van der Waals surface area contributed by atoms with Gasteiger partial charge in [0.25, 0.3) is 0 Å². The predicted octanol–water partition coefficient (Wildman–Crippen LogP) is 1.49. The average molecular weight is 398 g/mol. The van der Waals surface area contributed by atoms with Crippen molar-refractivity contribution in [1.29, 1.82) is 0 Å². The summed E-state index contributed by atoms with van der Waals surface area (Å²) in [5.74, 6) is 0. The Balaban J connectivity index is 2.56. The summed E-state index contributed by atoms with van der Waals surface area (Å²) in [5, 5.41) is 0. The molecule has 79 valence electrons. The molecule has 0 spiro atoms. The van der Waals surface area contributed by atoms with Gasteiger partial charge in [0.15, 0.2) is 0 Å². The Labute approximate surface area is 81.5 Å². The topological polar surface area (TPSA) is 66.5 Å². The molecule has 1 rings (SSSR count). The molecule has 12 heavy (non-hydrogen) atoms. The van der Waals surface area contributed by atoms with Crippen LogP contribution in [0.3, 0.4) is 0 Å². The molecule has 0 aromatic heterocycles. The normalized spacial score (nSPS) is 35.6. The van der Waals surface area contributed by atoms with Gasteiger partial charge >= 0.3 is 81.6 Å². The van der Waals surface area contributed by atoms with Gasteiger partial charge < -0.3 is 0 Å². The molecule has 0 amide bonds. The molecule has 0 radical (unpaired) electrons. The van der Waals surface area contributed by atoms with Crippen LogP contribution in [0.5, 0.6) is 0 Å². The van der Waals surface area contributed by atoms with E-state index in [9.17, 15) is 7.52 Å². The second-order valence-corrected chi connectivity index (χ2v) is 18.1. The average Bonchev–Trinajstić information content (AvgIpc) is 1.84. The zero-order valence-corrected chi connectivity index (χ0v) is 10.3. The number of nitrogens with two attached hydrogens (primary N) is 1. The molecular weight excluding hydrogens is 384 g/mol. The fraction of sp³-hybridized carbons (Fsp3) is 1.00. The van der Waals surface area contributed by atoms with E-state index >= 15 is 0 Å². The maximum atomic E-state index is 9.43. The number of hydrogen-bond acceptors (Lipinski definition) is 3. The molecule has 0 atom stereocenters. The first-order valence-electron chi connectivity index (χ1n) is 3.67. The predicted molar refractivity (Wildman–Crippen MR) is 46.3 cm³/mol. The Hall–Kier alpha value is 1.15. The van der Waals surface area contributed by atoms with Crippen molar-refractivity contribution in [1.82, 2.24) is 0 Å². The van der Waals surface area contributed by atoms with Crippen LogP contribution in [0.4, 0.5) is 0 Å².